The van der Waals surface area contributed by atoms with Gasteiger partial charge in [-0.15, -0.1) is 0 Å². The summed E-state index contributed by atoms with van der Waals surface area (Å²) in [7, 11) is 0. The molecule has 1 fully saturated rings. The maximum atomic E-state index is 14.3. The van der Waals surface area contributed by atoms with Gasteiger partial charge in [-0.2, -0.15) is 5.26 Å². The van der Waals surface area contributed by atoms with Crippen molar-refractivity contribution in [2.45, 2.75) is 12.0 Å². The molecule has 0 radical (unpaired) electrons. The molecule has 32 heavy (non-hydrogen) atoms. The van der Waals surface area contributed by atoms with Gasteiger partial charge < -0.3 is 20.1 Å². The van der Waals surface area contributed by atoms with Crippen LogP contribution >= 0.6 is 12.2 Å². The van der Waals surface area contributed by atoms with E-state index in [0.717, 1.165) is 12.1 Å². The first-order valence-corrected chi connectivity index (χ1v) is 10.3. The zero-order valence-electron chi connectivity index (χ0n) is 16.5. The van der Waals surface area contributed by atoms with E-state index in [9.17, 15) is 8.78 Å². The van der Waals surface area contributed by atoms with Gasteiger partial charge in [0.1, 0.15) is 23.1 Å². The van der Waals surface area contributed by atoms with Gasteiger partial charge >= 0.3 is 0 Å². The largest absolute Gasteiger partial charge is 0.490 e. The van der Waals surface area contributed by atoms with Crippen molar-refractivity contribution < 1.29 is 18.3 Å². The minimum absolute atomic E-state index is 0.00560. The van der Waals surface area contributed by atoms with Gasteiger partial charge in [-0.1, -0.05) is 0 Å². The first-order valence-electron chi connectivity index (χ1n) is 9.86. The van der Waals surface area contributed by atoms with Gasteiger partial charge in [0, 0.05) is 23.4 Å². The van der Waals surface area contributed by atoms with E-state index < -0.39 is 11.6 Å². The Hall–Kier alpha value is -3.77. The van der Waals surface area contributed by atoms with Crippen LogP contribution < -0.4 is 20.1 Å². The second kappa shape index (κ2) is 8.05. The van der Waals surface area contributed by atoms with Crippen LogP contribution in [0.25, 0.3) is 0 Å². The fraction of sp³-hybridized carbons (Fsp3) is 0.174. The van der Waals surface area contributed by atoms with E-state index in [1.165, 1.54) is 0 Å². The predicted molar refractivity (Wildman–Crippen MR) is 117 cm³/mol. The number of hydrogen-bond acceptors (Lipinski definition) is 5. The molecule has 5 rings (SSSR count). The fourth-order valence-electron chi connectivity index (χ4n) is 3.91. The van der Waals surface area contributed by atoms with Gasteiger partial charge in [-0.3, -0.25) is 0 Å². The van der Waals surface area contributed by atoms with Crippen molar-refractivity contribution in [1.82, 2.24) is 10.3 Å². The van der Waals surface area contributed by atoms with Crippen molar-refractivity contribution in [3.8, 4) is 23.3 Å². The lowest BCUT2D eigenvalue weighted by Gasteiger charge is -2.16. The zero-order chi connectivity index (χ0) is 22.2. The van der Waals surface area contributed by atoms with Gasteiger partial charge in [0.15, 0.2) is 16.7 Å². The maximum absolute atomic E-state index is 14.3. The summed E-state index contributed by atoms with van der Waals surface area (Å²) < 4.78 is 39.3. The Balaban J connectivity index is 1.19. The van der Waals surface area contributed by atoms with Crippen LogP contribution in [0, 0.1) is 28.9 Å². The third-order valence-corrected chi connectivity index (χ3v) is 5.73. The maximum Gasteiger partial charge on any atom is 0.172 e. The molecule has 6 nitrogen and oxygen atoms in total. The molecule has 160 valence electrons. The number of aromatic nitrogens is 1. The number of hydrogen-bond donors (Lipinski definition) is 2. The van der Waals surface area contributed by atoms with Crippen LogP contribution in [0.1, 0.15) is 17.0 Å². The molecule has 2 aliphatic rings. The van der Waals surface area contributed by atoms with Gasteiger partial charge in [0.2, 0.25) is 0 Å². The highest BCUT2D eigenvalue weighted by atomic mass is 32.1. The van der Waals surface area contributed by atoms with E-state index in [2.05, 4.69) is 21.7 Å². The molecule has 1 saturated carbocycles. The summed E-state index contributed by atoms with van der Waals surface area (Å²) in [6.45, 7) is 0.304. The molecule has 3 atom stereocenters. The second-order valence-electron chi connectivity index (χ2n) is 7.51. The minimum Gasteiger partial charge on any atom is -0.490 e. The van der Waals surface area contributed by atoms with E-state index in [1.807, 2.05) is 0 Å². The van der Waals surface area contributed by atoms with E-state index in [0.29, 0.717) is 34.6 Å². The molecule has 1 aliphatic heterocycles. The van der Waals surface area contributed by atoms with Crippen molar-refractivity contribution in [1.29, 1.82) is 5.26 Å². The summed E-state index contributed by atoms with van der Waals surface area (Å²) >= 11 is 5.36. The monoisotopic (exact) mass is 450 g/mol. The SMILES string of the molecule is N#Cc1ccc(Oc2ccc(NC(=S)N[C@@H]3[C@H]4COc5c(F)ccc(F)c5[C@@H]43)nc2)cc1. The number of rotatable bonds is 4. The first-order chi connectivity index (χ1) is 15.5. The lowest BCUT2D eigenvalue weighted by atomic mass is 10.0. The molecule has 2 heterocycles. The lowest BCUT2D eigenvalue weighted by Crippen LogP contribution is -2.32. The molecule has 0 spiro atoms. The van der Waals surface area contributed by atoms with E-state index in [4.69, 9.17) is 27.0 Å². The van der Waals surface area contributed by atoms with Gasteiger partial charge in [0.25, 0.3) is 0 Å². The summed E-state index contributed by atoms with van der Waals surface area (Å²) in [4.78, 5) is 4.28. The Morgan fingerprint density at radius 3 is 2.56 bits per heavy atom. The van der Waals surface area contributed by atoms with Crippen molar-refractivity contribution in [2.75, 3.05) is 11.9 Å². The van der Waals surface area contributed by atoms with E-state index >= 15 is 0 Å². The van der Waals surface area contributed by atoms with Crippen LogP contribution in [0.4, 0.5) is 14.6 Å². The number of benzene rings is 2. The highest BCUT2D eigenvalue weighted by molar-refractivity contribution is 7.80. The van der Waals surface area contributed by atoms with Crippen molar-refractivity contribution in [2.24, 2.45) is 5.92 Å². The Labute approximate surface area is 187 Å². The van der Waals surface area contributed by atoms with Crippen LogP contribution in [0.3, 0.4) is 0 Å². The van der Waals surface area contributed by atoms with E-state index in [-0.39, 0.29) is 29.2 Å². The molecule has 1 aliphatic carbocycles. The number of thiocarbonyl (C=S) groups is 1. The third kappa shape index (κ3) is 3.81. The van der Waals surface area contributed by atoms with Gasteiger partial charge in [-0.05, 0) is 60.7 Å². The molecule has 1 aromatic heterocycles. The Morgan fingerprint density at radius 1 is 1.09 bits per heavy atom. The van der Waals surface area contributed by atoms with Crippen LogP contribution in [0.2, 0.25) is 0 Å². The summed E-state index contributed by atoms with van der Waals surface area (Å²) in [5.74, 6) is 0.420. The fourth-order valence-corrected chi connectivity index (χ4v) is 4.15. The highest BCUT2D eigenvalue weighted by Crippen LogP contribution is 2.55. The summed E-state index contributed by atoms with van der Waals surface area (Å²) in [5, 5.41) is 15.3. The molecule has 2 aromatic carbocycles. The van der Waals surface area contributed by atoms with Crippen molar-refractivity contribution in [3.63, 3.8) is 0 Å². The molecular formula is C23H16F2N4O2S. The van der Waals surface area contributed by atoms with Crippen molar-refractivity contribution >= 4 is 23.1 Å². The Morgan fingerprint density at radius 2 is 1.84 bits per heavy atom. The average Bonchev–Trinajstić information content (AvgIpc) is 3.50. The molecule has 0 saturated heterocycles. The molecule has 3 aromatic rings. The van der Waals surface area contributed by atoms with Crippen LogP contribution in [0.15, 0.2) is 54.7 Å². The second-order valence-corrected chi connectivity index (χ2v) is 7.92. The Kier molecular flexibility index (Phi) is 5.07. The standard InChI is InChI=1S/C23H16F2N4O2S/c24-16-6-7-17(25)22-20(16)19-15(11-30-22)21(19)29-23(32)28-18-8-5-14(10-27-18)31-13-3-1-12(9-26)2-4-13/h1-8,10,15,19,21H,11H2,(H2,27,28,29,32)/t15-,19+,21+/m0/s1. The average molecular weight is 450 g/mol. The van der Waals surface area contributed by atoms with Crippen LogP contribution in [0.5, 0.6) is 17.2 Å². The lowest BCUT2D eigenvalue weighted by molar-refractivity contribution is 0.260. The number of fused-ring (bicyclic) bond motifs is 3. The molecule has 0 amide bonds. The van der Waals surface area contributed by atoms with Crippen molar-refractivity contribution in [3.05, 3.63) is 77.5 Å². The van der Waals surface area contributed by atoms with Gasteiger partial charge in [-0.25, -0.2) is 13.8 Å². The number of ether oxygens (including phenoxy) is 2. The quantitative estimate of drug-likeness (QED) is 0.567. The summed E-state index contributed by atoms with van der Waals surface area (Å²) in [6, 6.07) is 14.3. The predicted octanol–water partition coefficient (Wildman–Crippen LogP) is 4.48. The number of pyridine rings is 1. The van der Waals surface area contributed by atoms with Crippen LogP contribution in [-0.2, 0) is 0 Å². The highest BCUT2D eigenvalue weighted by Gasteiger charge is 2.57. The van der Waals surface area contributed by atoms with Gasteiger partial charge in [0.05, 0.1) is 24.4 Å². The Bertz CT molecular complexity index is 1230. The normalized spacial score (nSPS) is 20.1. The first kappa shape index (κ1) is 20.2. The smallest absolute Gasteiger partial charge is 0.172 e. The minimum atomic E-state index is -0.557. The molecule has 9 heteroatoms. The third-order valence-electron chi connectivity index (χ3n) is 5.51. The number of nitriles is 1. The molecular weight excluding hydrogens is 434 g/mol. The number of halogens is 2. The zero-order valence-corrected chi connectivity index (χ0v) is 17.3. The summed E-state index contributed by atoms with van der Waals surface area (Å²) in [6.07, 6.45) is 1.54. The molecule has 0 unspecified atom stereocenters. The molecule has 0 bridgehead atoms. The van der Waals surface area contributed by atoms with Crippen LogP contribution in [-0.4, -0.2) is 22.7 Å². The number of anilines is 1. The number of nitrogens with one attached hydrogen (secondary N) is 2. The molecule has 2 N–H and O–H groups in total. The summed E-state index contributed by atoms with van der Waals surface area (Å²) in [5.41, 5.74) is 0.818. The topological polar surface area (TPSA) is 79.2 Å². The number of nitrogens with zero attached hydrogens (tertiary/aromatic N) is 2. The van der Waals surface area contributed by atoms with E-state index in [1.54, 1.807) is 42.6 Å².